The number of hydrogen-bond donors (Lipinski definition) is 2. The van der Waals surface area contributed by atoms with Gasteiger partial charge in [-0.1, -0.05) is 30.3 Å². The number of aromatic amines is 1. The van der Waals surface area contributed by atoms with E-state index in [-0.39, 0.29) is 11.7 Å². The van der Waals surface area contributed by atoms with Crippen LogP contribution in [0.3, 0.4) is 0 Å². The molecule has 0 radical (unpaired) electrons. The smallest absolute Gasteiger partial charge is 0.292 e. The molecule has 0 aliphatic carbocycles. The van der Waals surface area contributed by atoms with E-state index in [0.29, 0.717) is 25.3 Å². The maximum Gasteiger partial charge on any atom is 0.292 e. The number of amides is 1. The van der Waals surface area contributed by atoms with Crippen molar-refractivity contribution in [3.05, 3.63) is 75.5 Å². The Morgan fingerprint density at radius 3 is 2.77 bits per heavy atom. The summed E-state index contributed by atoms with van der Waals surface area (Å²) in [5.74, 6) is -0.351. The molecule has 1 aliphatic rings. The molecule has 1 aliphatic heterocycles. The molecule has 2 aromatic heterocycles. The third kappa shape index (κ3) is 3.06. The van der Waals surface area contributed by atoms with E-state index < -0.39 is 11.7 Å². The second-order valence-electron chi connectivity index (χ2n) is 6.25. The van der Waals surface area contributed by atoms with Crippen molar-refractivity contribution in [1.82, 2.24) is 19.8 Å². The van der Waals surface area contributed by atoms with Gasteiger partial charge >= 0.3 is 0 Å². The van der Waals surface area contributed by atoms with Crippen LogP contribution < -0.4 is 5.56 Å². The number of carbonyl (C=O) groups is 1. The number of benzene rings is 1. The van der Waals surface area contributed by atoms with Crippen LogP contribution in [0.4, 0.5) is 0 Å². The van der Waals surface area contributed by atoms with E-state index in [4.69, 9.17) is 4.52 Å². The van der Waals surface area contributed by atoms with Crippen LogP contribution >= 0.6 is 0 Å². The highest BCUT2D eigenvalue weighted by molar-refractivity contribution is 5.91. The molecular formula is C18H18N4O4. The summed E-state index contributed by atoms with van der Waals surface area (Å²) in [5, 5.41) is 17.2. The van der Waals surface area contributed by atoms with Crippen molar-refractivity contribution in [3.8, 4) is 0 Å². The Kier molecular flexibility index (Phi) is 4.18. The van der Waals surface area contributed by atoms with Crippen LogP contribution in [0.5, 0.6) is 0 Å². The molecule has 1 aromatic carbocycles. The van der Waals surface area contributed by atoms with Gasteiger partial charge in [-0.3, -0.25) is 14.3 Å². The molecule has 0 unspecified atom stereocenters. The third-order valence-electron chi connectivity index (χ3n) is 4.45. The number of rotatable bonds is 3. The number of aryl methyl sites for hydroxylation is 1. The normalized spacial score (nSPS) is 15.3. The lowest BCUT2D eigenvalue weighted by atomic mass is 10.1. The van der Waals surface area contributed by atoms with Crippen LogP contribution in [0.15, 0.2) is 51.8 Å². The quantitative estimate of drug-likeness (QED) is 0.737. The summed E-state index contributed by atoms with van der Waals surface area (Å²) in [7, 11) is 0. The fourth-order valence-corrected chi connectivity index (χ4v) is 3.14. The number of aliphatic hydroxyl groups excluding tert-OH is 1. The minimum absolute atomic E-state index is 0.00694. The number of nitrogens with zero attached hydrogens (tertiary/aromatic N) is 3. The van der Waals surface area contributed by atoms with E-state index in [1.54, 1.807) is 4.90 Å². The topological polar surface area (TPSA) is 104 Å². The highest BCUT2D eigenvalue weighted by Crippen LogP contribution is 2.23. The first-order valence-corrected chi connectivity index (χ1v) is 8.39. The molecule has 0 saturated carbocycles. The van der Waals surface area contributed by atoms with Crippen LogP contribution in [0.2, 0.25) is 0 Å². The molecule has 1 amide bonds. The Balaban J connectivity index is 1.58. The van der Waals surface area contributed by atoms with Gasteiger partial charge in [-0.2, -0.15) is 10.3 Å². The molecule has 0 bridgehead atoms. The minimum atomic E-state index is -0.817. The van der Waals surface area contributed by atoms with E-state index in [9.17, 15) is 14.7 Å². The van der Waals surface area contributed by atoms with Gasteiger partial charge in [0.1, 0.15) is 6.10 Å². The maximum atomic E-state index is 12.5. The number of H-pyrrole nitrogens is 1. The number of aromatic nitrogens is 3. The van der Waals surface area contributed by atoms with E-state index in [1.165, 1.54) is 0 Å². The highest BCUT2D eigenvalue weighted by Gasteiger charge is 2.25. The van der Waals surface area contributed by atoms with E-state index >= 15 is 0 Å². The molecule has 134 valence electrons. The van der Waals surface area contributed by atoms with Crippen molar-refractivity contribution in [2.75, 3.05) is 6.54 Å². The lowest BCUT2D eigenvalue weighted by Gasteiger charge is -2.18. The van der Waals surface area contributed by atoms with Gasteiger partial charge in [-0.05, 0) is 18.1 Å². The van der Waals surface area contributed by atoms with Crippen LogP contribution in [0.25, 0.3) is 0 Å². The highest BCUT2D eigenvalue weighted by atomic mass is 16.5. The van der Waals surface area contributed by atoms with Gasteiger partial charge in [0.25, 0.3) is 11.5 Å². The molecule has 0 spiro atoms. The molecule has 0 fully saturated rings. The van der Waals surface area contributed by atoms with Crippen LogP contribution in [-0.4, -0.2) is 37.4 Å². The van der Waals surface area contributed by atoms with E-state index in [2.05, 4.69) is 10.3 Å². The zero-order valence-corrected chi connectivity index (χ0v) is 14.0. The zero-order chi connectivity index (χ0) is 18.1. The van der Waals surface area contributed by atoms with E-state index in [1.807, 2.05) is 41.1 Å². The van der Waals surface area contributed by atoms with Crippen LogP contribution in [-0.2, 0) is 13.1 Å². The number of aliphatic hydroxyl groups is 1. The minimum Gasteiger partial charge on any atom is -0.382 e. The van der Waals surface area contributed by atoms with Crippen LogP contribution in [0, 0.1) is 0 Å². The Morgan fingerprint density at radius 2 is 2.04 bits per heavy atom. The lowest BCUT2D eigenvalue weighted by Crippen LogP contribution is -2.30. The van der Waals surface area contributed by atoms with E-state index in [0.717, 1.165) is 23.7 Å². The average Bonchev–Trinajstić information content (AvgIpc) is 3.22. The fourth-order valence-electron chi connectivity index (χ4n) is 3.14. The molecule has 8 nitrogen and oxygen atoms in total. The first-order chi connectivity index (χ1) is 12.6. The number of nitrogens with one attached hydrogen (secondary N) is 1. The van der Waals surface area contributed by atoms with Gasteiger partial charge in [0.05, 0.1) is 24.0 Å². The predicted molar refractivity (Wildman–Crippen MR) is 91.4 cm³/mol. The Labute approximate surface area is 148 Å². The summed E-state index contributed by atoms with van der Waals surface area (Å²) in [6, 6.07) is 12.3. The van der Waals surface area contributed by atoms with Gasteiger partial charge in [-0.25, -0.2) is 0 Å². The number of fused-ring (bicyclic) bond motifs is 1. The van der Waals surface area contributed by atoms with Crippen molar-refractivity contribution in [2.45, 2.75) is 25.6 Å². The molecule has 8 heteroatoms. The maximum absolute atomic E-state index is 12.5. The Morgan fingerprint density at radius 1 is 1.23 bits per heavy atom. The molecule has 2 N–H and O–H groups in total. The summed E-state index contributed by atoms with van der Waals surface area (Å²) in [6.45, 7) is 1.52. The first-order valence-electron chi connectivity index (χ1n) is 8.39. The SMILES string of the molecule is O=C(c1cc(=O)[nH]o1)N1CCCn2nc([C@H](O)c3ccccc3)cc2C1. The van der Waals surface area contributed by atoms with Crippen molar-refractivity contribution in [3.63, 3.8) is 0 Å². The fraction of sp³-hybridized carbons (Fsp3) is 0.278. The summed E-state index contributed by atoms with van der Waals surface area (Å²) in [5.41, 5.74) is 1.71. The molecule has 3 aromatic rings. The van der Waals surface area contributed by atoms with Crippen molar-refractivity contribution in [2.24, 2.45) is 0 Å². The third-order valence-corrected chi connectivity index (χ3v) is 4.45. The molecular weight excluding hydrogens is 336 g/mol. The molecule has 1 atom stereocenters. The standard InChI is InChI=1S/C18H18N4O4/c23-16-10-15(26-20-16)18(25)21-7-4-8-22-13(11-21)9-14(19-22)17(24)12-5-2-1-3-6-12/h1-3,5-6,9-10,17,24H,4,7-8,11H2,(H,20,23)/t17-/m1/s1. The zero-order valence-electron chi connectivity index (χ0n) is 14.0. The largest absolute Gasteiger partial charge is 0.382 e. The Hall–Kier alpha value is -3.13. The average molecular weight is 354 g/mol. The van der Waals surface area contributed by atoms with Crippen molar-refractivity contribution in [1.29, 1.82) is 0 Å². The Bertz CT molecular complexity index is 972. The first kappa shape index (κ1) is 16.3. The predicted octanol–water partition coefficient (Wildman–Crippen LogP) is 1.29. The summed E-state index contributed by atoms with van der Waals surface area (Å²) in [6.07, 6.45) is -0.0990. The van der Waals surface area contributed by atoms with Gasteiger partial charge < -0.3 is 14.5 Å². The van der Waals surface area contributed by atoms with Gasteiger partial charge in [-0.15, -0.1) is 0 Å². The summed E-state index contributed by atoms with van der Waals surface area (Å²) in [4.78, 5) is 25.3. The van der Waals surface area contributed by atoms with Gasteiger partial charge in [0.15, 0.2) is 0 Å². The molecule has 26 heavy (non-hydrogen) atoms. The van der Waals surface area contributed by atoms with Crippen molar-refractivity contribution < 1.29 is 14.4 Å². The number of hydrogen-bond acceptors (Lipinski definition) is 5. The summed E-state index contributed by atoms with van der Waals surface area (Å²) < 4.78 is 6.74. The van der Waals surface area contributed by atoms with Crippen LogP contribution in [0.1, 0.15) is 40.0 Å². The lowest BCUT2D eigenvalue weighted by molar-refractivity contribution is 0.0703. The monoisotopic (exact) mass is 354 g/mol. The van der Waals surface area contributed by atoms with Crippen molar-refractivity contribution >= 4 is 5.91 Å². The van der Waals surface area contributed by atoms with Gasteiger partial charge in [0.2, 0.25) is 5.76 Å². The second-order valence-corrected chi connectivity index (χ2v) is 6.25. The molecule has 0 saturated heterocycles. The second kappa shape index (κ2) is 6.64. The van der Waals surface area contributed by atoms with Gasteiger partial charge in [0, 0.05) is 13.1 Å². The summed E-state index contributed by atoms with van der Waals surface area (Å²) >= 11 is 0. The molecule has 4 rings (SSSR count). The molecule has 3 heterocycles. The number of carbonyl (C=O) groups excluding carboxylic acids is 1.